The summed E-state index contributed by atoms with van der Waals surface area (Å²) >= 11 is 0. The number of carbonyl (C=O) groups excluding carboxylic acids is 2. The molecule has 2 atom stereocenters. The first kappa shape index (κ1) is 32.8. The quantitative estimate of drug-likeness (QED) is 0.123. The smallest absolute Gasteiger partial charge is 0.413 e. The van der Waals surface area contributed by atoms with Crippen molar-refractivity contribution >= 4 is 33.7 Å². The molecule has 1 heterocycles. The van der Waals surface area contributed by atoms with Crippen LogP contribution in [0.3, 0.4) is 0 Å². The van der Waals surface area contributed by atoms with E-state index in [1.54, 1.807) is 96.9 Å². The number of nitrogens with zero attached hydrogens (tertiary/aromatic N) is 2. The van der Waals surface area contributed by atoms with Crippen molar-refractivity contribution in [3.8, 4) is 11.1 Å². The molecule has 11 nitrogen and oxygen atoms in total. The largest absolute Gasteiger partial charge is 0.440 e. The summed E-state index contributed by atoms with van der Waals surface area (Å²) in [5, 5.41) is 19.2. The number of pyridine rings is 1. The first-order valence-electron chi connectivity index (χ1n) is 14.3. The van der Waals surface area contributed by atoms with Gasteiger partial charge in [-0.2, -0.15) is 0 Å². The minimum Gasteiger partial charge on any atom is -0.440 e. The fourth-order valence-corrected chi connectivity index (χ4v) is 5.35. The van der Waals surface area contributed by atoms with Gasteiger partial charge in [-0.1, -0.05) is 61.5 Å². The Morgan fingerprint density at radius 3 is 2.36 bits per heavy atom. The summed E-state index contributed by atoms with van der Waals surface area (Å²) in [5.41, 5.74) is 3.44. The zero-order chi connectivity index (χ0) is 32.6. The van der Waals surface area contributed by atoms with E-state index in [2.05, 4.69) is 15.6 Å². The van der Waals surface area contributed by atoms with Gasteiger partial charge >= 0.3 is 12.1 Å². The van der Waals surface area contributed by atoms with E-state index in [4.69, 9.17) is 15.3 Å². The fraction of sp³-hybridized carbons (Fsp3) is 0.212. The molecular weight excluding hydrogens is 592 g/mol. The van der Waals surface area contributed by atoms with Gasteiger partial charge in [0.25, 0.3) is 0 Å². The Morgan fingerprint density at radius 2 is 1.69 bits per heavy atom. The van der Waals surface area contributed by atoms with Gasteiger partial charge in [-0.25, -0.2) is 23.1 Å². The summed E-state index contributed by atoms with van der Waals surface area (Å²) in [6, 6.07) is 25.2. The molecule has 234 valence electrons. The third-order valence-electron chi connectivity index (χ3n) is 7.21. The van der Waals surface area contributed by atoms with Crippen LogP contribution in [0, 0.1) is 5.41 Å². The molecule has 0 aliphatic heterocycles. The number of carbonyl (C=O) groups is 2. The third-order valence-corrected chi connectivity index (χ3v) is 8.18. The van der Waals surface area contributed by atoms with Crippen molar-refractivity contribution in [2.45, 2.75) is 50.8 Å². The molecule has 0 fully saturated rings. The minimum absolute atomic E-state index is 0.0196. The van der Waals surface area contributed by atoms with Crippen molar-refractivity contribution in [1.29, 1.82) is 5.41 Å². The lowest BCUT2D eigenvalue weighted by molar-refractivity contribution is 0.110. The van der Waals surface area contributed by atoms with Gasteiger partial charge in [0.05, 0.1) is 10.6 Å². The van der Waals surface area contributed by atoms with Gasteiger partial charge in [0, 0.05) is 35.6 Å². The number of anilines is 1. The van der Waals surface area contributed by atoms with Crippen molar-refractivity contribution in [1.82, 2.24) is 15.2 Å². The van der Waals surface area contributed by atoms with Crippen LogP contribution in [0.1, 0.15) is 50.1 Å². The average molecular weight is 629 g/mol. The van der Waals surface area contributed by atoms with Crippen molar-refractivity contribution in [3.63, 3.8) is 0 Å². The molecule has 2 unspecified atom stereocenters. The summed E-state index contributed by atoms with van der Waals surface area (Å²) in [6.45, 7) is 5.88. The second-order valence-electron chi connectivity index (χ2n) is 10.4. The van der Waals surface area contributed by atoms with Crippen LogP contribution in [0.15, 0.2) is 102 Å². The van der Waals surface area contributed by atoms with E-state index in [0.717, 1.165) is 5.56 Å². The highest BCUT2D eigenvalue weighted by Gasteiger charge is 2.21. The Kier molecular flexibility index (Phi) is 10.7. The summed E-state index contributed by atoms with van der Waals surface area (Å²) in [4.78, 5) is 31.8. The molecule has 45 heavy (non-hydrogen) atoms. The lowest BCUT2D eigenvalue weighted by Crippen LogP contribution is -2.40. The Balaban J connectivity index is 1.43. The highest BCUT2D eigenvalue weighted by atomic mass is 32.2. The highest BCUT2D eigenvalue weighted by molar-refractivity contribution is 7.89. The molecule has 5 N–H and O–H groups in total. The molecule has 4 aromatic rings. The number of rotatable bonds is 10. The maximum absolute atomic E-state index is 13.4. The van der Waals surface area contributed by atoms with Crippen molar-refractivity contribution in [2.75, 3.05) is 5.32 Å². The molecule has 0 saturated carbocycles. The van der Waals surface area contributed by atoms with Gasteiger partial charge in [0.15, 0.2) is 0 Å². The molecule has 0 bridgehead atoms. The summed E-state index contributed by atoms with van der Waals surface area (Å²) in [6.07, 6.45) is 0.943. The van der Waals surface area contributed by atoms with Crippen LogP contribution >= 0.6 is 0 Å². The van der Waals surface area contributed by atoms with Crippen molar-refractivity contribution in [3.05, 3.63) is 114 Å². The van der Waals surface area contributed by atoms with E-state index < -0.39 is 22.2 Å². The Bertz CT molecular complexity index is 1760. The standard InChI is InChI=1S/C33H36N6O5S/c1-4-22(2)39(32(40)37-27-17-15-25(16-18-27)28-12-5-6-14-30(28)45(35,42)43)21-24-10-9-11-26(20-24)31(34)38-33(41)44-23(3)29-13-7-8-19-36-29/h5-20,22-23H,4,21H2,1-3H3,(H,37,40)(H2,34,38,41)(H2,35,42,43). The number of primary sulfonamides is 1. The number of amides is 3. The minimum atomic E-state index is -3.91. The monoisotopic (exact) mass is 628 g/mol. The van der Waals surface area contributed by atoms with Gasteiger partial charge < -0.3 is 15.0 Å². The SMILES string of the molecule is CCC(C)N(Cc1cccc(C(=N)NC(=O)OC(C)c2ccccn2)c1)C(=O)Nc1ccc(-c2ccccc2S(N)(=O)=O)cc1. The molecular formula is C33H36N6O5S. The number of nitrogens with two attached hydrogens (primary N) is 1. The summed E-state index contributed by atoms with van der Waals surface area (Å²) in [5.74, 6) is -0.140. The van der Waals surface area contributed by atoms with Crippen LogP contribution in [-0.2, 0) is 21.3 Å². The summed E-state index contributed by atoms with van der Waals surface area (Å²) in [7, 11) is -3.91. The fourth-order valence-electron chi connectivity index (χ4n) is 4.59. The molecule has 3 amide bonds. The second-order valence-corrected chi connectivity index (χ2v) is 12.0. The number of aromatic nitrogens is 1. The van der Waals surface area contributed by atoms with Gasteiger partial charge in [-0.3, -0.25) is 15.7 Å². The van der Waals surface area contributed by atoms with E-state index in [1.807, 2.05) is 19.9 Å². The van der Waals surface area contributed by atoms with Crippen LogP contribution in [-0.4, -0.2) is 42.3 Å². The van der Waals surface area contributed by atoms with Crippen LogP contribution in [0.2, 0.25) is 0 Å². The molecule has 4 rings (SSSR count). The van der Waals surface area contributed by atoms with Crippen molar-refractivity contribution in [2.24, 2.45) is 5.14 Å². The normalized spacial score (nSPS) is 12.4. The second kappa shape index (κ2) is 14.6. The summed E-state index contributed by atoms with van der Waals surface area (Å²) < 4.78 is 29.4. The Morgan fingerprint density at radius 1 is 0.978 bits per heavy atom. The molecule has 0 aliphatic carbocycles. The molecule has 12 heteroatoms. The van der Waals surface area contributed by atoms with E-state index in [1.165, 1.54) is 6.07 Å². The zero-order valence-electron chi connectivity index (χ0n) is 25.2. The van der Waals surface area contributed by atoms with Crippen molar-refractivity contribution < 1.29 is 22.7 Å². The van der Waals surface area contributed by atoms with E-state index in [-0.39, 0.29) is 29.3 Å². The average Bonchev–Trinajstić information content (AvgIpc) is 3.03. The Hall–Kier alpha value is -5.07. The number of ether oxygens (including phenoxy) is 1. The first-order valence-corrected chi connectivity index (χ1v) is 15.9. The van der Waals surface area contributed by atoms with Gasteiger partial charge in [-0.15, -0.1) is 0 Å². The molecule has 0 aliphatic rings. The van der Waals surface area contributed by atoms with Crippen LogP contribution < -0.4 is 15.8 Å². The molecule has 1 aromatic heterocycles. The number of urea groups is 1. The molecule has 0 spiro atoms. The number of hydrogen-bond acceptors (Lipinski definition) is 7. The third kappa shape index (κ3) is 8.74. The zero-order valence-corrected chi connectivity index (χ0v) is 26.0. The van der Waals surface area contributed by atoms with E-state index >= 15 is 0 Å². The van der Waals surface area contributed by atoms with Gasteiger partial charge in [-0.05, 0) is 67.8 Å². The van der Waals surface area contributed by atoms with Crippen LogP contribution in [0.4, 0.5) is 15.3 Å². The number of sulfonamides is 1. The maximum atomic E-state index is 13.4. The van der Waals surface area contributed by atoms with E-state index in [9.17, 15) is 18.0 Å². The predicted molar refractivity (Wildman–Crippen MR) is 173 cm³/mol. The predicted octanol–water partition coefficient (Wildman–Crippen LogP) is 6.04. The number of hydrogen-bond donors (Lipinski definition) is 4. The van der Waals surface area contributed by atoms with Crippen LogP contribution in [0.25, 0.3) is 11.1 Å². The first-order chi connectivity index (χ1) is 21.5. The number of amidine groups is 1. The topological polar surface area (TPSA) is 168 Å². The Labute approximate surface area is 263 Å². The van der Waals surface area contributed by atoms with Gasteiger partial charge in [0.2, 0.25) is 10.0 Å². The lowest BCUT2D eigenvalue weighted by Gasteiger charge is -2.29. The number of nitrogens with one attached hydrogen (secondary N) is 3. The molecule has 3 aromatic carbocycles. The molecule has 0 radical (unpaired) electrons. The highest BCUT2D eigenvalue weighted by Crippen LogP contribution is 2.28. The van der Waals surface area contributed by atoms with Gasteiger partial charge in [0.1, 0.15) is 11.9 Å². The number of benzene rings is 3. The number of alkyl carbamates (subject to hydrolysis) is 1. The van der Waals surface area contributed by atoms with Crippen LogP contribution in [0.5, 0.6) is 0 Å². The maximum Gasteiger partial charge on any atom is 0.413 e. The lowest BCUT2D eigenvalue weighted by atomic mass is 10.1. The van der Waals surface area contributed by atoms with E-state index in [0.29, 0.717) is 34.5 Å². The molecule has 0 saturated heterocycles.